The van der Waals surface area contributed by atoms with Gasteiger partial charge in [0, 0.05) is 3.57 Å². The number of alkyl halides is 6. The molecule has 6 nitrogen and oxygen atoms in total. The van der Waals surface area contributed by atoms with Gasteiger partial charge in [-0.1, -0.05) is 0 Å². The first-order valence-corrected chi connectivity index (χ1v) is 10.1. The minimum Gasteiger partial charge on any atom is -0.506 e. The number of esters is 1. The molecule has 0 fully saturated rings. The highest BCUT2D eigenvalue weighted by Crippen LogP contribution is 2.47. The second-order valence-corrected chi connectivity index (χ2v) is 8.90. The number of carbonyl (C=O) groups is 1. The van der Waals surface area contributed by atoms with Crippen LogP contribution >= 0.6 is 45.2 Å². The molecule has 0 aliphatic rings. The van der Waals surface area contributed by atoms with E-state index in [1.807, 2.05) is 0 Å². The maximum atomic E-state index is 13.2. The van der Waals surface area contributed by atoms with Crippen LogP contribution < -0.4 is 0 Å². The third kappa shape index (κ3) is 5.08. The molecule has 0 bridgehead atoms. The van der Waals surface area contributed by atoms with E-state index in [1.54, 1.807) is 22.6 Å². The van der Waals surface area contributed by atoms with Crippen LogP contribution in [0.2, 0.25) is 0 Å². The fourth-order valence-electron chi connectivity index (χ4n) is 1.89. The van der Waals surface area contributed by atoms with Crippen molar-refractivity contribution in [2.75, 3.05) is 5.75 Å². The van der Waals surface area contributed by atoms with Gasteiger partial charge in [-0.25, -0.2) is 4.79 Å². The zero-order chi connectivity index (χ0) is 21.6. The maximum absolute atomic E-state index is 13.2. The van der Waals surface area contributed by atoms with Gasteiger partial charge in [0.05, 0.1) is 3.57 Å². The van der Waals surface area contributed by atoms with Gasteiger partial charge in [-0.15, -0.1) is 0 Å². The number of carbonyl (C=O) groups excluding carboxylic acids is 1. The van der Waals surface area contributed by atoms with Crippen molar-refractivity contribution >= 4 is 61.3 Å². The largest absolute Gasteiger partial charge is 0.506 e. The summed E-state index contributed by atoms with van der Waals surface area (Å²) in [5.74, 6) is -6.21. The van der Waals surface area contributed by atoms with Crippen LogP contribution in [0.1, 0.15) is 15.9 Å². The van der Waals surface area contributed by atoms with Crippen LogP contribution in [0, 0.1) is 14.1 Å². The van der Waals surface area contributed by atoms with E-state index in [4.69, 9.17) is 4.55 Å². The van der Waals surface area contributed by atoms with Gasteiger partial charge in [0.15, 0.2) is 0 Å². The molecular formula is C12H8F6I2O6S. The molecule has 27 heavy (non-hydrogen) atoms. The third-order valence-electron chi connectivity index (χ3n) is 3.22. The Hall–Kier alpha value is -0.560. The van der Waals surface area contributed by atoms with Crippen molar-refractivity contribution in [1.29, 1.82) is 0 Å². The zero-order valence-corrected chi connectivity index (χ0v) is 17.9. The summed E-state index contributed by atoms with van der Waals surface area (Å²) in [7, 11) is -5.90. The SMILES string of the molecule is Cc1c(I)cc(I)c(O)c1C(=O)OC(CS(=O)(=O)O)(C(F)(F)F)C(F)(F)F. The standard InChI is InChI=1S/C12H8F6I2O6S/c1-4-5(19)2-6(20)8(21)7(4)9(22)26-10(11(13,14)15,12(16,17)18)3-27(23,24)25/h2,21H,3H2,1H3,(H,23,24,25). The molecule has 2 N–H and O–H groups in total. The fourth-order valence-corrected chi connectivity index (χ4v) is 4.55. The van der Waals surface area contributed by atoms with E-state index >= 15 is 0 Å². The average Bonchev–Trinajstić information content (AvgIpc) is 2.40. The molecule has 1 aromatic rings. The molecule has 0 aromatic heterocycles. The first kappa shape index (κ1) is 24.5. The molecule has 0 heterocycles. The topological polar surface area (TPSA) is 101 Å². The number of rotatable bonds is 4. The number of aromatic hydroxyl groups is 1. The fraction of sp³-hybridized carbons (Fsp3) is 0.417. The van der Waals surface area contributed by atoms with Gasteiger partial charge in [0.1, 0.15) is 17.1 Å². The molecule has 1 rings (SSSR count). The van der Waals surface area contributed by atoms with Gasteiger partial charge in [-0.05, 0) is 63.7 Å². The number of benzene rings is 1. The molecule has 0 saturated heterocycles. The summed E-state index contributed by atoms with van der Waals surface area (Å²) >= 11 is 3.09. The molecule has 15 heteroatoms. The van der Waals surface area contributed by atoms with Crippen molar-refractivity contribution < 1.29 is 54.0 Å². The van der Waals surface area contributed by atoms with Crippen LogP contribution in [0.5, 0.6) is 5.75 Å². The molecule has 0 amide bonds. The predicted molar refractivity (Wildman–Crippen MR) is 94.9 cm³/mol. The maximum Gasteiger partial charge on any atom is 0.438 e. The van der Waals surface area contributed by atoms with Crippen molar-refractivity contribution in [1.82, 2.24) is 0 Å². The van der Waals surface area contributed by atoms with E-state index in [0.717, 1.165) is 6.92 Å². The van der Waals surface area contributed by atoms with E-state index in [1.165, 1.54) is 28.7 Å². The average molecular weight is 648 g/mol. The lowest BCUT2D eigenvalue weighted by atomic mass is 10.0. The van der Waals surface area contributed by atoms with Crippen LogP contribution in [0.25, 0.3) is 0 Å². The van der Waals surface area contributed by atoms with Crippen LogP contribution in [0.4, 0.5) is 26.3 Å². The van der Waals surface area contributed by atoms with Crippen molar-refractivity contribution in [3.63, 3.8) is 0 Å². The second-order valence-electron chi connectivity index (χ2n) is 5.13. The second kappa shape index (κ2) is 7.69. The highest BCUT2D eigenvalue weighted by molar-refractivity contribution is 14.1. The van der Waals surface area contributed by atoms with Crippen molar-refractivity contribution in [2.24, 2.45) is 0 Å². The van der Waals surface area contributed by atoms with Crippen LogP contribution in [0.15, 0.2) is 6.07 Å². The smallest absolute Gasteiger partial charge is 0.438 e. The predicted octanol–water partition coefficient (Wildman–Crippen LogP) is 3.82. The molecule has 0 atom stereocenters. The summed E-state index contributed by atoms with van der Waals surface area (Å²) < 4.78 is 113. The molecule has 0 saturated carbocycles. The lowest BCUT2D eigenvalue weighted by Crippen LogP contribution is -2.63. The van der Waals surface area contributed by atoms with Gasteiger partial charge >= 0.3 is 23.9 Å². The van der Waals surface area contributed by atoms with Gasteiger partial charge in [-0.3, -0.25) is 4.55 Å². The van der Waals surface area contributed by atoms with E-state index in [9.17, 15) is 44.7 Å². The van der Waals surface area contributed by atoms with Gasteiger partial charge in [-0.2, -0.15) is 34.8 Å². The normalized spacial score (nSPS) is 13.6. The minimum atomic E-state index is -6.45. The summed E-state index contributed by atoms with van der Waals surface area (Å²) in [5, 5.41) is 9.87. The first-order chi connectivity index (χ1) is 11.8. The first-order valence-electron chi connectivity index (χ1n) is 6.33. The van der Waals surface area contributed by atoms with Crippen LogP contribution in [0.3, 0.4) is 0 Å². The highest BCUT2D eigenvalue weighted by atomic mass is 127. The summed E-state index contributed by atoms with van der Waals surface area (Å²) in [5.41, 5.74) is -6.74. The Kier molecular flexibility index (Phi) is 6.98. The zero-order valence-electron chi connectivity index (χ0n) is 12.7. The number of hydrogen-bond acceptors (Lipinski definition) is 5. The monoisotopic (exact) mass is 648 g/mol. The Morgan fingerprint density at radius 2 is 1.56 bits per heavy atom. The Labute approximate surface area is 175 Å². The summed E-state index contributed by atoms with van der Waals surface area (Å²) in [4.78, 5) is 12.1. The molecule has 0 unspecified atom stereocenters. The number of halogens is 8. The summed E-state index contributed by atoms with van der Waals surface area (Å²) in [6.07, 6.45) is -12.9. The molecule has 0 aliphatic heterocycles. The van der Waals surface area contributed by atoms with Gasteiger partial charge < -0.3 is 9.84 Å². The lowest BCUT2D eigenvalue weighted by Gasteiger charge is -2.35. The van der Waals surface area contributed by atoms with Crippen molar-refractivity contribution in [2.45, 2.75) is 24.9 Å². The molecule has 154 valence electrons. The van der Waals surface area contributed by atoms with E-state index in [0.29, 0.717) is 0 Å². The molecule has 0 spiro atoms. The van der Waals surface area contributed by atoms with E-state index in [-0.39, 0.29) is 12.7 Å². The van der Waals surface area contributed by atoms with Crippen LogP contribution in [-0.4, -0.2) is 47.8 Å². The number of phenols is 1. The highest BCUT2D eigenvalue weighted by Gasteiger charge is 2.76. The number of hydrogen-bond donors (Lipinski definition) is 2. The lowest BCUT2D eigenvalue weighted by molar-refractivity contribution is -0.356. The van der Waals surface area contributed by atoms with Gasteiger partial charge in [0.25, 0.3) is 10.1 Å². The molecule has 0 radical (unpaired) electrons. The van der Waals surface area contributed by atoms with E-state index < -0.39 is 51.1 Å². The summed E-state index contributed by atoms with van der Waals surface area (Å²) in [6, 6.07) is 1.29. The Balaban J connectivity index is 3.68. The van der Waals surface area contributed by atoms with Crippen molar-refractivity contribution in [3.8, 4) is 5.75 Å². The third-order valence-corrected chi connectivity index (χ3v) is 5.94. The Morgan fingerprint density at radius 3 is 1.93 bits per heavy atom. The van der Waals surface area contributed by atoms with Crippen LogP contribution in [-0.2, 0) is 14.9 Å². The minimum absolute atomic E-state index is 0.0750. The van der Waals surface area contributed by atoms with E-state index in [2.05, 4.69) is 4.74 Å². The van der Waals surface area contributed by atoms with Gasteiger partial charge in [0.2, 0.25) is 0 Å². The molecular weight excluding hydrogens is 640 g/mol. The quantitative estimate of drug-likeness (QED) is 0.223. The Morgan fingerprint density at radius 1 is 1.11 bits per heavy atom. The molecule has 0 aliphatic carbocycles. The number of phenolic OH excluding ortho intramolecular Hbond substituents is 1. The summed E-state index contributed by atoms with van der Waals surface area (Å²) in [6.45, 7) is 1.12. The number of ether oxygens (including phenoxy) is 1. The Bertz CT molecular complexity index is 824. The molecule has 1 aromatic carbocycles. The van der Waals surface area contributed by atoms with Crippen molar-refractivity contribution in [3.05, 3.63) is 24.3 Å².